The van der Waals surface area contributed by atoms with Crippen molar-refractivity contribution in [3.8, 4) is 11.6 Å². The van der Waals surface area contributed by atoms with Gasteiger partial charge in [0.1, 0.15) is 35.2 Å². The highest BCUT2D eigenvalue weighted by molar-refractivity contribution is 7.91. The van der Waals surface area contributed by atoms with E-state index in [9.17, 15) is 32.7 Å². The van der Waals surface area contributed by atoms with E-state index in [4.69, 9.17) is 9.47 Å². The van der Waals surface area contributed by atoms with E-state index in [1.165, 1.54) is 4.90 Å². The van der Waals surface area contributed by atoms with Crippen molar-refractivity contribution in [2.75, 3.05) is 13.7 Å². The number of aryl methyl sites for hydroxylation is 1. The lowest BCUT2D eigenvalue weighted by atomic mass is 10.1. The molecule has 1 aromatic heterocycles. The smallest absolute Gasteiger partial charge is 0.405 e. The third kappa shape index (κ3) is 7.43. The third-order valence-electron chi connectivity index (χ3n) is 9.66. The zero-order valence-electron chi connectivity index (χ0n) is 27.5. The first-order valence-electron chi connectivity index (χ1n) is 16.8. The van der Waals surface area contributed by atoms with Gasteiger partial charge in [-0.1, -0.05) is 31.9 Å². The van der Waals surface area contributed by atoms with Crippen LogP contribution in [-0.2, 0) is 30.8 Å². The van der Waals surface area contributed by atoms with Crippen molar-refractivity contribution in [1.82, 2.24) is 30.2 Å². The molecule has 0 spiro atoms. The molecule has 2 saturated carbocycles. The number of fused-ring (bicyclic) bond motifs is 3. The van der Waals surface area contributed by atoms with Crippen LogP contribution in [0.4, 0.5) is 4.79 Å². The second-order valence-corrected chi connectivity index (χ2v) is 15.1. The Labute approximate surface area is 284 Å². The first-order chi connectivity index (χ1) is 23.4. The minimum Gasteiger partial charge on any atom is -0.497 e. The monoisotopic (exact) mass is 698 g/mol. The van der Waals surface area contributed by atoms with Crippen LogP contribution in [0, 0.1) is 5.92 Å². The number of sulfonamides is 1. The lowest BCUT2D eigenvalue weighted by molar-refractivity contribution is -0.141. The van der Waals surface area contributed by atoms with Crippen molar-refractivity contribution < 1.29 is 42.2 Å². The number of carboxylic acid groups (broad SMARTS) is 1. The highest BCUT2D eigenvalue weighted by Crippen LogP contribution is 2.46. The van der Waals surface area contributed by atoms with E-state index in [1.54, 1.807) is 25.3 Å². The third-order valence-corrected chi connectivity index (χ3v) is 11.5. The number of nitrogens with zero attached hydrogens (tertiary/aromatic N) is 3. The van der Waals surface area contributed by atoms with Gasteiger partial charge in [-0.25, -0.2) is 23.2 Å². The summed E-state index contributed by atoms with van der Waals surface area (Å²) in [5.74, 6) is -1.68. The molecule has 1 saturated heterocycles. The minimum atomic E-state index is -3.89. The highest BCUT2D eigenvalue weighted by atomic mass is 32.2. The normalized spacial score (nSPS) is 28.2. The molecule has 2 aromatic rings. The molecule has 1 aromatic carbocycles. The number of methoxy groups -OCH3 is 1. The molecule has 3 heterocycles. The molecule has 4 amide bonds. The van der Waals surface area contributed by atoms with Gasteiger partial charge in [0.25, 0.3) is 5.91 Å². The molecule has 15 nitrogen and oxygen atoms in total. The lowest BCUT2D eigenvalue weighted by Crippen LogP contribution is -2.58. The van der Waals surface area contributed by atoms with E-state index in [1.807, 2.05) is 19.1 Å². The Hall–Kier alpha value is -4.47. The Bertz CT molecular complexity index is 1780. The Kier molecular flexibility index (Phi) is 9.69. The largest absolute Gasteiger partial charge is 0.497 e. The van der Waals surface area contributed by atoms with Crippen LogP contribution in [0.5, 0.6) is 11.6 Å². The summed E-state index contributed by atoms with van der Waals surface area (Å²) in [6.45, 7) is 1.84. The van der Waals surface area contributed by atoms with Gasteiger partial charge in [0.05, 0.1) is 29.9 Å². The van der Waals surface area contributed by atoms with E-state index < -0.39 is 68.7 Å². The maximum absolute atomic E-state index is 14.1. The quantitative estimate of drug-likeness (QED) is 0.294. The Balaban J connectivity index is 1.31. The molecule has 5 atom stereocenters. The number of rotatable bonds is 8. The van der Waals surface area contributed by atoms with Crippen molar-refractivity contribution in [2.45, 2.75) is 100 Å². The second kappa shape index (κ2) is 13.8. The first kappa shape index (κ1) is 34.4. The van der Waals surface area contributed by atoms with E-state index in [-0.39, 0.29) is 31.7 Å². The molecule has 0 bridgehead atoms. The number of ether oxygens (including phenoxy) is 2. The summed E-state index contributed by atoms with van der Waals surface area (Å²) in [5, 5.41) is 14.1. The van der Waals surface area contributed by atoms with Gasteiger partial charge >= 0.3 is 6.09 Å². The van der Waals surface area contributed by atoms with E-state index in [2.05, 4.69) is 25.3 Å². The van der Waals surface area contributed by atoms with Crippen molar-refractivity contribution in [2.24, 2.45) is 5.92 Å². The molecular formula is C33H42N6O9S. The van der Waals surface area contributed by atoms with Gasteiger partial charge in [0.2, 0.25) is 27.7 Å². The summed E-state index contributed by atoms with van der Waals surface area (Å²) in [7, 11) is -2.35. The number of aromatic nitrogens is 2. The van der Waals surface area contributed by atoms with Crippen molar-refractivity contribution in [3.63, 3.8) is 0 Å². The van der Waals surface area contributed by atoms with Crippen molar-refractivity contribution in [3.05, 3.63) is 36.0 Å². The molecule has 264 valence electrons. The van der Waals surface area contributed by atoms with Gasteiger partial charge in [-0.2, -0.15) is 0 Å². The molecule has 49 heavy (non-hydrogen) atoms. The van der Waals surface area contributed by atoms with E-state index in [0.29, 0.717) is 54.6 Å². The van der Waals surface area contributed by atoms with Crippen LogP contribution >= 0.6 is 0 Å². The van der Waals surface area contributed by atoms with Gasteiger partial charge in [-0.3, -0.25) is 19.1 Å². The molecule has 4 N–H and O–H groups in total. The predicted molar refractivity (Wildman–Crippen MR) is 176 cm³/mol. The Morgan fingerprint density at radius 1 is 1.12 bits per heavy atom. The van der Waals surface area contributed by atoms with Gasteiger partial charge in [0, 0.05) is 18.4 Å². The molecule has 3 fully saturated rings. The summed E-state index contributed by atoms with van der Waals surface area (Å²) in [6, 6.07) is 3.03. The summed E-state index contributed by atoms with van der Waals surface area (Å²) >= 11 is 0. The summed E-state index contributed by atoms with van der Waals surface area (Å²) < 4.78 is 39.3. The topological polar surface area (TPSA) is 206 Å². The van der Waals surface area contributed by atoms with E-state index in [0.717, 1.165) is 12.8 Å². The molecule has 0 unspecified atom stereocenters. The number of hydrogen-bond donors (Lipinski definition) is 4. The molecule has 16 heteroatoms. The number of carbonyl (C=O) groups excluding carboxylic acids is 3. The van der Waals surface area contributed by atoms with Crippen molar-refractivity contribution >= 4 is 44.9 Å². The molecular weight excluding hydrogens is 656 g/mol. The zero-order valence-corrected chi connectivity index (χ0v) is 28.3. The van der Waals surface area contributed by atoms with Crippen LogP contribution < -0.4 is 24.8 Å². The standard InChI is InChI=1S/C33H42N6O9S/c1-3-23-29(35-26-15-20(47-2)11-14-24(26)34-23)48-21-16-27-28(40)37-33(31(42)38-49(45,46)22-12-13-22)17-19(33)9-7-5-4-6-8-10-25(36-32(43)44)30(41)39(27)18-21/h7,9,11,14-15,19,21-22,25,27,36H,3-6,8,10,12-13,16-18H2,1-2H3,(H,37,40)(H,38,42)(H,43,44)/b9-7-/t19-,21-,25+,27+,33-/m1/s1. The summed E-state index contributed by atoms with van der Waals surface area (Å²) in [4.78, 5) is 64.1. The van der Waals surface area contributed by atoms with Crippen LogP contribution in [0.15, 0.2) is 30.4 Å². The fraction of sp³-hybridized carbons (Fsp3) is 0.576. The number of hydrogen-bond acceptors (Lipinski definition) is 10. The molecule has 4 aliphatic rings. The van der Waals surface area contributed by atoms with Crippen LogP contribution in [0.1, 0.15) is 70.4 Å². The summed E-state index contributed by atoms with van der Waals surface area (Å²) in [6.07, 6.45) is 6.24. The SMILES string of the molecule is CCc1nc2ccc(OC)cc2nc1O[C@@H]1C[C@H]2C(=O)N[C@]3(C(=O)NS(=O)(=O)C4CC4)C[C@H]3/C=C\CCCCC[C@H](NC(=O)O)C(=O)N2C1. The highest BCUT2D eigenvalue weighted by Gasteiger charge is 2.62. The lowest BCUT2D eigenvalue weighted by Gasteiger charge is -2.29. The molecule has 2 aliphatic carbocycles. The minimum absolute atomic E-state index is 0.0108. The summed E-state index contributed by atoms with van der Waals surface area (Å²) in [5.41, 5.74) is 0.228. The second-order valence-electron chi connectivity index (χ2n) is 13.2. The first-order valence-corrected chi connectivity index (χ1v) is 18.3. The maximum atomic E-state index is 14.1. The number of amides is 4. The van der Waals surface area contributed by atoms with Crippen LogP contribution in [0.2, 0.25) is 0 Å². The van der Waals surface area contributed by atoms with Gasteiger partial charge in [0.15, 0.2) is 0 Å². The van der Waals surface area contributed by atoms with Gasteiger partial charge in [-0.05, 0) is 57.1 Å². The van der Waals surface area contributed by atoms with E-state index >= 15 is 0 Å². The molecule has 6 rings (SSSR count). The van der Waals surface area contributed by atoms with Crippen LogP contribution in [0.3, 0.4) is 0 Å². The molecule has 2 aliphatic heterocycles. The Morgan fingerprint density at radius 3 is 2.63 bits per heavy atom. The van der Waals surface area contributed by atoms with Crippen LogP contribution in [0.25, 0.3) is 11.0 Å². The fourth-order valence-electron chi connectivity index (χ4n) is 6.66. The van der Waals surface area contributed by atoms with Crippen LogP contribution in [-0.4, -0.2) is 94.8 Å². The molecule has 0 radical (unpaired) electrons. The van der Waals surface area contributed by atoms with Gasteiger partial charge in [-0.15, -0.1) is 0 Å². The number of benzene rings is 1. The average Bonchev–Trinajstić information content (AvgIpc) is 3.99. The number of allylic oxidation sites excluding steroid dienone is 1. The van der Waals surface area contributed by atoms with Gasteiger partial charge < -0.3 is 30.1 Å². The number of nitrogens with one attached hydrogen (secondary N) is 3. The predicted octanol–water partition coefficient (Wildman–Crippen LogP) is 2.19. The fourth-order valence-corrected chi connectivity index (χ4v) is 8.02. The maximum Gasteiger partial charge on any atom is 0.405 e. The van der Waals surface area contributed by atoms with Crippen molar-refractivity contribution in [1.29, 1.82) is 0 Å². The Morgan fingerprint density at radius 2 is 1.92 bits per heavy atom. The zero-order chi connectivity index (χ0) is 34.9. The average molecular weight is 699 g/mol. The number of carbonyl (C=O) groups is 4.